The molecule has 8 heteroatoms. The van der Waals surface area contributed by atoms with Crippen LogP contribution in [0.15, 0.2) is 0 Å². The number of hydrogen-bond donors (Lipinski definition) is 4. The molecule has 1 atom stereocenters. The lowest BCUT2D eigenvalue weighted by atomic mass is 10.2. The Morgan fingerprint density at radius 3 is 2.25 bits per heavy atom. The van der Waals surface area contributed by atoms with Crippen LogP contribution in [0.2, 0.25) is 0 Å². The second-order valence-corrected chi connectivity index (χ2v) is 1.87. The fourth-order valence-corrected chi connectivity index (χ4v) is 0.411. The van der Waals surface area contributed by atoms with Gasteiger partial charge in [-0.1, -0.05) is 0 Å². The summed E-state index contributed by atoms with van der Waals surface area (Å²) in [6, 6.07) is 0. The third-order valence-electron chi connectivity index (χ3n) is 0.882. The van der Waals surface area contributed by atoms with Crippen LogP contribution in [0, 0.1) is 0 Å². The average Bonchev–Trinajstić information content (AvgIpc) is 1.84. The topological polar surface area (TPSA) is 124 Å². The maximum absolute atomic E-state index is 10.4. The molecule has 0 amide bonds. The molecule has 0 heterocycles. The van der Waals surface area contributed by atoms with E-state index in [-0.39, 0.29) is 0 Å². The monoisotopic (exact) mass is 178 g/mol. The van der Waals surface area contributed by atoms with E-state index in [2.05, 4.69) is 4.65 Å². The van der Waals surface area contributed by atoms with Crippen LogP contribution in [-0.4, -0.2) is 45.6 Å². The Kier molecular flexibility index (Phi) is 4.26. The summed E-state index contributed by atoms with van der Waals surface area (Å²) in [6.45, 7) is 0. The maximum Gasteiger partial charge on any atom is 0.709 e. The molecule has 0 saturated carbocycles. The Bertz CT molecular complexity index is 178. The summed E-state index contributed by atoms with van der Waals surface area (Å²) < 4.78 is 3.72. The Labute approximate surface area is 67.4 Å². The Morgan fingerprint density at radius 2 is 1.92 bits per heavy atom. The van der Waals surface area contributed by atoms with Crippen molar-refractivity contribution in [2.45, 2.75) is 12.5 Å². The zero-order valence-corrected chi connectivity index (χ0v) is 5.88. The molecule has 4 N–H and O–H groups in total. The van der Waals surface area contributed by atoms with Crippen LogP contribution < -0.4 is 0 Å². The van der Waals surface area contributed by atoms with Gasteiger partial charge in [0.15, 0.2) is 6.10 Å². The molecule has 0 aromatic rings. The molecule has 0 radical (unpaired) electrons. The minimum atomic E-state index is -2.29. The number of aliphatic hydroxyl groups excluding tert-OH is 1. The van der Waals surface area contributed by atoms with Crippen molar-refractivity contribution in [3.8, 4) is 0 Å². The van der Waals surface area contributed by atoms with E-state index in [0.29, 0.717) is 0 Å². The second-order valence-electron chi connectivity index (χ2n) is 1.87. The number of carbonyl (C=O) groups is 2. The van der Waals surface area contributed by atoms with Crippen molar-refractivity contribution in [2.24, 2.45) is 0 Å². The molecular formula is C4H7BO7. The largest absolute Gasteiger partial charge is 0.709 e. The minimum Gasteiger partial charge on any atom is -0.485 e. The van der Waals surface area contributed by atoms with E-state index in [9.17, 15) is 9.59 Å². The van der Waals surface area contributed by atoms with Crippen molar-refractivity contribution in [3.05, 3.63) is 0 Å². The van der Waals surface area contributed by atoms with Crippen LogP contribution in [0.3, 0.4) is 0 Å². The maximum atomic E-state index is 10.4. The van der Waals surface area contributed by atoms with Gasteiger partial charge in [-0.2, -0.15) is 0 Å². The Morgan fingerprint density at radius 1 is 1.42 bits per heavy atom. The van der Waals surface area contributed by atoms with Gasteiger partial charge in [0.2, 0.25) is 0 Å². The van der Waals surface area contributed by atoms with Gasteiger partial charge < -0.3 is 24.9 Å². The van der Waals surface area contributed by atoms with Crippen molar-refractivity contribution in [1.29, 1.82) is 0 Å². The van der Waals surface area contributed by atoms with Gasteiger partial charge in [-0.05, 0) is 0 Å². The summed E-state index contributed by atoms with van der Waals surface area (Å²) in [5, 5.41) is 32.7. The third-order valence-corrected chi connectivity index (χ3v) is 0.882. The summed E-state index contributed by atoms with van der Waals surface area (Å²) >= 11 is 0. The SMILES string of the molecule is O=C(CC(O)C(=O)O)OB(O)O. The molecule has 0 aliphatic heterocycles. The Balaban J connectivity index is 3.77. The summed E-state index contributed by atoms with van der Waals surface area (Å²) in [6.07, 6.45) is -2.72. The molecule has 0 aliphatic carbocycles. The lowest BCUT2D eigenvalue weighted by Gasteiger charge is -2.04. The molecule has 0 saturated heterocycles. The third kappa shape index (κ3) is 4.66. The molecule has 12 heavy (non-hydrogen) atoms. The molecule has 0 fully saturated rings. The van der Waals surface area contributed by atoms with E-state index in [0.717, 1.165) is 0 Å². The zero-order valence-electron chi connectivity index (χ0n) is 5.88. The van der Waals surface area contributed by atoms with Crippen molar-refractivity contribution in [1.82, 2.24) is 0 Å². The molecule has 0 aliphatic rings. The van der Waals surface area contributed by atoms with E-state index >= 15 is 0 Å². The molecule has 7 nitrogen and oxygen atoms in total. The number of rotatable bonds is 4. The first-order valence-electron chi connectivity index (χ1n) is 2.90. The lowest BCUT2D eigenvalue weighted by Crippen LogP contribution is -2.28. The average molecular weight is 178 g/mol. The first-order valence-corrected chi connectivity index (χ1v) is 2.90. The fourth-order valence-electron chi connectivity index (χ4n) is 0.411. The number of carboxylic acids is 1. The Hall–Kier alpha value is -1.12. The molecule has 0 aromatic heterocycles. The first-order chi connectivity index (χ1) is 5.43. The van der Waals surface area contributed by atoms with Gasteiger partial charge in [-0.15, -0.1) is 0 Å². The van der Waals surface area contributed by atoms with E-state index in [1.807, 2.05) is 0 Å². The molecule has 0 rings (SSSR count). The second kappa shape index (κ2) is 4.70. The lowest BCUT2D eigenvalue weighted by molar-refractivity contribution is -0.152. The normalized spacial score (nSPS) is 11.9. The number of aliphatic carboxylic acids is 1. The van der Waals surface area contributed by atoms with Gasteiger partial charge in [0.25, 0.3) is 5.97 Å². The van der Waals surface area contributed by atoms with Crippen LogP contribution in [0.5, 0.6) is 0 Å². The smallest absolute Gasteiger partial charge is 0.485 e. The van der Waals surface area contributed by atoms with Crippen molar-refractivity contribution >= 4 is 19.3 Å². The van der Waals surface area contributed by atoms with Gasteiger partial charge in [-0.3, -0.25) is 4.79 Å². The van der Waals surface area contributed by atoms with Gasteiger partial charge in [0.05, 0.1) is 6.42 Å². The zero-order chi connectivity index (χ0) is 9.72. The van der Waals surface area contributed by atoms with Crippen molar-refractivity contribution in [3.63, 3.8) is 0 Å². The molecule has 0 spiro atoms. The molecule has 0 bridgehead atoms. The van der Waals surface area contributed by atoms with E-state index in [4.69, 9.17) is 20.3 Å². The summed E-state index contributed by atoms with van der Waals surface area (Å²) in [4.78, 5) is 20.3. The number of hydrogen-bond acceptors (Lipinski definition) is 6. The predicted octanol–water partition coefficient (Wildman–Crippen LogP) is -2.67. The summed E-state index contributed by atoms with van der Waals surface area (Å²) in [5.74, 6) is -2.79. The molecule has 68 valence electrons. The van der Waals surface area contributed by atoms with Crippen molar-refractivity contribution in [2.75, 3.05) is 0 Å². The van der Waals surface area contributed by atoms with Gasteiger partial charge in [0, 0.05) is 0 Å². The minimum absolute atomic E-state index is 0.826. The van der Waals surface area contributed by atoms with Crippen molar-refractivity contribution < 1.29 is 34.5 Å². The summed E-state index contributed by atoms with van der Waals surface area (Å²) in [7, 11) is -2.29. The molecule has 0 aromatic carbocycles. The fraction of sp³-hybridized carbons (Fsp3) is 0.500. The molecular weight excluding hydrogens is 171 g/mol. The predicted molar refractivity (Wildman–Crippen MR) is 34.5 cm³/mol. The van der Waals surface area contributed by atoms with Gasteiger partial charge >= 0.3 is 13.3 Å². The number of carbonyl (C=O) groups excluding carboxylic acids is 1. The standard InChI is InChI=1S/C4H7BO7/c6-2(4(8)9)1-3(7)12-5(10)11/h2,6,10-11H,1H2,(H,8,9). The highest BCUT2D eigenvalue weighted by atomic mass is 16.6. The van der Waals surface area contributed by atoms with Gasteiger partial charge in [0.1, 0.15) is 0 Å². The van der Waals surface area contributed by atoms with Crippen LogP contribution >= 0.6 is 0 Å². The number of carboxylic acid groups (broad SMARTS) is 1. The van der Waals surface area contributed by atoms with Gasteiger partial charge in [-0.25, -0.2) is 4.79 Å². The quantitative estimate of drug-likeness (QED) is 0.346. The van der Waals surface area contributed by atoms with Crippen LogP contribution in [0.4, 0.5) is 0 Å². The van der Waals surface area contributed by atoms with E-state index in [1.165, 1.54) is 0 Å². The summed E-state index contributed by atoms with van der Waals surface area (Å²) in [5.41, 5.74) is 0. The first kappa shape index (κ1) is 10.9. The van der Waals surface area contributed by atoms with Crippen LogP contribution in [-0.2, 0) is 14.2 Å². The van der Waals surface area contributed by atoms with E-state index < -0.39 is 31.8 Å². The van der Waals surface area contributed by atoms with Crippen LogP contribution in [0.1, 0.15) is 6.42 Å². The molecule has 1 unspecified atom stereocenters. The highest BCUT2D eigenvalue weighted by Gasteiger charge is 2.22. The highest BCUT2D eigenvalue weighted by molar-refractivity contribution is 6.35. The van der Waals surface area contributed by atoms with E-state index in [1.54, 1.807) is 0 Å². The van der Waals surface area contributed by atoms with Crippen LogP contribution in [0.25, 0.3) is 0 Å². The number of aliphatic hydroxyl groups is 1. The highest BCUT2D eigenvalue weighted by Crippen LogP contribution is 1.94.